The molecule has 1 fully saturated rings. The number of thioether (sulfide) groups is 1. The number of nitrogens with zero attached hydrogens (tertiary/aromatic N) is 1. The Balaban J connectivity index is 1.72. The average Bonchev–Trinajstić information content (AvgIpc) is 2.94. The molecule has 2 aliphatic rings. The third-order valence-electron chi connectivity index (χ3n) is 6.14. The van der Waals surface area contributed by atoms with Crippen molar-refractivity contribution in [2.45, 2.75) is 24.3 Å². The molecule has 2 heterocycles. The molecule has 0 N–H and O–H groups in total. The zero-order valence-electron chi connectivity index (χ0n) is 16.6. The second kappa shape index (κ2) is 6.93. The zero-order valence-corrected chi connectivity index (χ0v) is 17.4. The van der Waals surface area contributed by atoms with E-state index in [2.05, 4.69) is 78.7 Å². The number of carbonyl (C=O) groups is 1. The van der Waals surface area contributed by atoms with Crippen molar-refractivity contribution >= 4 is 28.8 Å². The maximum Gasteiger partial charge on any atom is 0.201 e. The zero-order chi connectivity index (χ0) is 20.0. The minimum Gasteiger partial charge on any atom is -0.342 e. The first-order chi connectivity index (χ1) is 14.2. The quantitative estimate of drug-likeness (QED) is 0.542. The van der Waals surface area contributed by atoms with Crippen molar-refractivity contribution in [2.24, 2.45) is 0 Å². The fourth-order valence-corrected chi connectivity index (χ4v) is 5.66. The van der Waals surface area contributed by atoms with E-state index in [0.717, 1.165) is 28.8 Å². The molecule has 2 nitrogen and oxygen atoms in total. The summed E-state index contributed by atoms with van der Waals surface area (Å²) in [5.41, 5.74) is 6.55. The molecule has 0 aromatic heterocycles. The first-order valence-corrected chi connectivity index (χ1v) is 11.2. The minimum atomic E-state index is -0.508. The number of benzene rings is 3. The van der Waals surface area contributed by atoms with Crippen LogP contribution in [0.1, 0.15) is 34.7 Å². The van der Waals surface area contributed by atoms with E-state index in [1.807, 2.05) is 24.3 Å². The molecule has 0 amide bonds. The Morgan fingerprint density at radius 2 is 1.45 bits per heavy atom. The molecule has 0 saturated carbocycles. The lowest BCUT2D eigenvalue weighted by Crippen LogP contribution is -2.58. The number of rotatable bonds is 4. The van der Waals surface area contributed by atoms with Gasteiger partial charge in [-0.3, -0.25) is 4.79 Å². The normalized spacial score (nSPS) is 23.2. The second-order valence-electron chi connectivity index (χ2n) is 7.77. The summed E-state index contributed by atoms with van der Waals surface area (Å²) in [5, 5.41) is 0. The van der Waals surface area contributed by atoms with Crippen LogP contribution in [0.4, 0.5) is 0 Å². The molecule has 2 aliphatic heterocycles. The Hall–Kier alpha value is -2.78. The number of aryl methyl sites for hydroxylation is 1. The van der Waals surface area contributed by atoms with Gasteiger partial charge in [0.05, 0.1) is 17.3 Å². The molecular formula is C26H23NOS. The molecule has 0 bridgehead atoms. The number of fused-ring (bicyclic) bond motifs is 1. The Morgan fingerprint density at radius 3 is 2.03 bits per heavy atom. The molecular weight excluding hydrogens is 374 g/mol. The maximum atomic E-state index is 13.8. The molecule has 0 radical (unpaired) electrons. The predicted octanol–water partition coefficient (Wildman–Crippen LogP) is 5.95. The smallest absolute Gasteiger partial charge is 0.201 e. The lowest BCUT2D eigenvalue weighted by Gasteiger charge is -2.55. The van der Waals surface area contributed by atoms with Gasteiger partial charge in [-0.05, 0) is 29.9 Å². The van der Waals surface area contributed by atoms with Gasteiger partial charge in [-0.25, -0.2) is 0 Å². The highest BCUT2D eigenvalue weighted by Crippen LogP contribution is 2.63. The summed E-state index contributed by atoms with van der Waals surface area (Å²) in [6.07, 6.45) is 2.90. The third-order valence-corrected chi connectivity index (χ3v) is 7.36. The summed E-state index contributed by atoms with van der Waals surface area (Å²) in [6, 6.07) is 29.4. The predicted molar refractivity (Wildman–Crippen MR) is 121 cm³/mol. The first kappa shape index (κ1) is 18.3. The van der Waals surface area contributed by atoms with Crippen molar-refractivity contribution in [3.8, 4) is 0 Å². The van der Waals surface area contributed by atoms with Crippen LogP contribution in [0, 0.1) is 6.92 Å². The van der Waals surface area contributed by atoms with E-state index in [1.165, 1.54) is 11.1 Å². The number of ketones is 1. The van der Waals surface area contributed by atoms with Crippen LogP contribution < -0.4 is 0 Å². The molecule has 2 atom stereocenters. The van der Waals surface area contributed by atoms with Gasteiger partial charge in [0.15, 0.2) is 4.87 Å². The summed E-state index contributed by atoms with van der Waals surface area (Å²) in [6.45, 7) is 2.11. The number of hydrogen-bond acceptors (Lipinski definition) is 3. The number of carbonyl (C=O) groups excluding carboxylic acids is 1. The Kier molecular flexibility index (Phi) is 4.36. The fraction of sp³-hybridized carbons (Fsp3) is 0.192. The summed E-state index contributed by atoms with van der Waals surface area (Å²) in [7, 11) is 0. The number of hydrogen-bond donors (Lipinski definition) is 0. The van der Waals surface area contributed by atoms with Crippen LogP contribution in [-0.2, 0) is 4.79 Å². The van der Waals surface area contributed by atoms with Gasteiger partial charge in [-0.15, -0.1) is 11.8 Å². The molecule has 0 aliphatic carbocycles. The molecule has 3 heteroatoms. The molecule has 29 heavy (non-hydrogen) atoms. The monoisotopic (exact) mass is 397 g/mol. The van der Waals surface area contributed by atoms with Crippen LogP contribution in [0.2, 0.25) is 0 Å². The van der Waals surface area contributed by atoms with E-state index in [9.17, 15) is 4.79 Å². The van der Waals surface area contributed by atoms with Crippen molar-refractivity contribution in [3.05, 3.63) is 107 Å². The Bertz CT molecular complexity index is 1090. The highest BCUT2D eigenvalue weighted by Gasteiger charge is 2.63. The summed E-state index contributed by atoms with van der Waals surface area (Å²) < 4.78 is 0. The molecule has 5 rings (SSSR count). The molecule has 3 aromatic rings. The van der Waals surface area contributed by atoms with E-state index >= 15 is 0 Å². The van der Waals surface area contributed by atoms with Crippen LogP contribution in [0.25, 0.3) is 11.3 Å². The topological polar surface area (TPSA) is 20.3 Å². The number of Topliss-reactive ketones (excluding diaryl/α,β-unsaturated/α-hetero) is 1. The van der Waals surface area contributed by atoms with Gasteiger partial charge in [0.25, 0.3) is 0 Å². The fourth-order valence-electron chi connectivity index (χ4n) is 4.63. The molecule has 3 aromatic carbocycles. The van der Waals surface area contributed by atoms with Gasteiger partial charge < -0.3 is 4.90 Å². The van der Waals surface area contributed by atoms with E-state index in [0.29, 0.717) is 0 Å². The van der Waals surface area contributed by atoms with Crippen molar-refractivity contribution in [1.82, 2.24) is 4.90 Å². The van der Waals surface area contributed by atoms with Crippen LogP contribution in [0.15, 0.2) is 84.9 Å². The highest BCUT2D eigenvalue weighted by molar-refractivity contribution is 8.00. The van der Waals surface area contributed by atoms with Crippen LogP contribution in [-0.4, -0.2) is 21.8 Å². The molecule has 2 unspecified atom stereocenters. The Morgan fingerprint density at radius 1 is 0.862 bits per heavy atom. The van der Waals surface area contributed by atoms with Crippen LogP contribution in [0.3, 0.4) is 0 Å². The van der Waals surface area contributed by atoms with Crippen LogP contribution >= 0.6 is 11.8 Å². The van der Waals surface area contributed by atoms with E-state index in [4.69, 9.17) is 0 Å². The maximum absolute atomic E-state index is 13.8. The van der Waals surface area contributed by atoms with Gasteiger partial charge in [0.1, 0.15) is 0 Å². The van der Waals surface area contributed by atoms with Gasteiger partial charge in [-0.1, -0.05) is 90.5 Å². The van der Waals surface area contributed by atoms with Crippen LogP contribution in [0.5, 0.6) is 0 Å². The minimum absolute atomic E-state index is 0.211. The average molecular weight is 398 g/mol. The van der Waals surface area contributed by atoms with E-state index in [1.54, 1.807) is 11.8 Å². The molecule has 0 spiro atoms. The standard InChI is InChI=1S/C26H23NOS/c1-18-13-15-19(16-14-18)22-17-26(29-2)25(28)23(20-9-5-3-6-10-20)24(27(22)26)21-11-7-4-8-12-21/h3-16,22H,17H2,1-2H3. The van der Waals surface area contributed by atoms with Gasteiger partial charge in [0.2, 0.25) is 5.78 Å². The van der Waals surface area contributed by atoms with Crippen molar-refractivity contribution in [3.63, 3.8) is 0 Å². The summed E-state index contributed by atoms with van der Waals surface area (Å²) >= 11 is 1.67. The van der Waals surface area contributed by atoms with E-state index in [-0.39, 0.29) is 11.8 Å². The third kappa shape index (κ3) is 2.68. The largest absolute Gasteiger partial charge is 0.342 e. The van der Waals surface area contributed by atoms with Crippen molar-refractivity contribution in [2.75, 3.05) is 6.26 Å². The summed E-state index contributed by atoms with van der Waals surface area (Å²) in [4.78, 5) is 15.7. The van der Waals surface area contributed by atoms with Gasteiger partial charge in [-0.2, -0.15) is 0 Å². The van der Waals surface area contributed by atoms with Gasteiger partial charge >= 0.3 is 0 Å². The SMILES string of the molecule is CSC12CC(c3ccc(C)cc3)N1C(c1ccccc1)=C(c1ccccc1)C2=O. The second-order valence-corrected chi connectivity index (χ2v) is 8.86. The molecule has 144 valence electrons. The van der Waals surface area contributed by atoms with Gasteiger partial charge in [0, 0.05) is 6.42 Å². The lowest BCUT2D eigenvalue weighted by molar-refractivity contribution is -0.123. The molecule has 1 saturated heterocycles. The summed E-state index contributed by atoms with van der Waals surface area (Å²) in [5.74, 6) is 0.235. The Labute approximate surface area is 176 Å². The lowest BCUT2D eigenvalue weighted by atomic mass is 9.85. The van der Waals surface area contributed by atoms with E-state index < -0.39 is 4.87 Å². The first-order valence-electron chi connectivity index (χ1n) is 9.97. The van der Waals surface area contributed by atoms with Crippen molar-refractivity contribution < 1.29 is 4.79 Å². The highest BCUT2D eigenvalue weighted by atomic mass is 32.2. The van der Waals surface area contributed by atoms with Crippen molar-refractivity contribution in [1.29, 1.82) is 0 Å².